The summed E-state index contributed by atoms with van der Waals surface area (Å²) < 4.78 is 1.60. The Hall–Kier alpha value is -0.880. The molecule has 0 aliphatic rings. The summed E-state index contributed by atoms with van der Waals surface area (Å²) in [6.45, 7) is 0.533. The molecule has 1 aromatic rings. The van der Waals surface area contributed by atoms with E-state index < -0.39 is 0 Å². The van der Waals surface area contributed by atoms with E-state index in [1.807, 2.05) is 12.1 Å². The Balaban J connectivity index is 2.41. The van der Waals surface area contributed by atoms with Crippen LogP contribution >= 0.6 is 31.9 Å². The van der Waals surface area contributed by atoms with E-state index in [2.05, 4.69) is 37.2 Å². The van der Waals surface area contributed by atoms with Gasteiger partial charge in [0.25, 0.3) is 5.91 Å². The van der Waals surface area contributed by atoms with Crippen LogP contribution < -0.4 is 11.1 Å². The second-order valence-electron chi connectivity index (χ2n) is 3.80. The van der Waals surface area contributed by atoms with Gasteiger partial charge in [-0.1, -0.05) is 15.9 Å². The van der Waals surface area contributed by atoms with Crippen molar-refractivity contribution in [3.8, 4) is 0 Å². The normalized spacial score (nSPS) is 10.1. The van der Waals surface area contributed by atoms with Crippen LogP contribution in [0.15, 0.2) is 27.1 Å². The van der Waals surface area contributed by atoms with Crippen molar-refractivity contribution < 1.29 is 9.59 Å². The summed E-state index contributed by atoms with van der Waals surface area (Å²) in [5.41, 5.74) is 5.61. The summed E-state index contributed by atoms with van der Waals surface area (Å²) in [5, 5.41) is 2.80. The van der Waals surface area contributed by atoms with Crippen molar-refractivity contribution in [2.24, 2.45) is 5.73 Å². The fourth-order valence-corrected chi connectivity index (χ4v) is 2.18. The molecule has 0 heterocycles. The second-order valence-corrected chi connectivity index (χ2v) is 5.57. The molecule has 0 aliphatic heterocycles. The number of primary amides is 1. The molecule has 2 amide bonds. The molecule has 4 nitrogen and oxygen atoms in total. The molecule has 0 aromatic heterocycles. The molecule has 0 bridgehead atoms. The number of halogens is 2. The molecule has 0 atom stereocenters. The van der Waals surface area contributed by atoms with Gasteiger partial charge in [-0.05, 0) is 47.0 Å². The van der Waals surface area contributed by atoms with Gasteiger partial charge in [-0.3, -0.25) is 9.59 Å². The van der Waals surface area contributed by atoms with E-state index in [-0.39, 0.29) is 11.8 Å². The third-order valence-electron chi connectivity index (χ3n) is 2.31. The first-order valence-corrected chi connectivity index (χ1v) is 7.11. The third kappa shape index (κ3) is 5.18. The minimum atomic E-state index is -0.309. The third-order valence-corrected chi connectivity index (χ3v) is 3.49. The van der Waals surface area contributed by atoms with E-state index in [1.165, 1.54) is 0 Å². The number of amides is 2. The zero-order valence-corrected chi connectivity index (χ0v) is 12.9. The fourth-order valence-electron chi connectivity index (χ4n) is 1.39. The van der Waals surface area contributed by atoms with Crippen molar-refractivity contribution in [3.05, 3.63) is 32.7 Å². The van der Waals surface area contributed by atoms with Crippen LogP contribution in [-0.4, -0.2) is 18.4 Å². The van der Waals surface area contributed by atoms with Crippen LogP contribution in [0.25, 0.3) is 0 Å². The van der Waals surface area contributed by atoms with E-state index in [4.69, 9.17) is 5.73 Å². The second kappa shape index (κ2) is 7.53. The predicted molar refractivity (Wildman–Crippen MR) is 77.2 cm³/mol. The highest BCUT2D eigenvalue weighted by Gasteiger charge is 2.09. The van der Waals surface area contributed by atoms with E-state index in [0.29, 0.717) is 24.9 Å². The molecule has 0 saturated heterocycles. The number of hydrogen-bond donors (Lipinski definition) is 2. The Kier molecular flexibility index (Phi) is 6.35. The molecule has 1 aromatic carbocycles. The summed E-state index contributed by atoms with van der Waals surface area (Å²) in [6.07, 6.45) is 1.78. The van der Waals surface area contributed by atoms with Gasteiger partial charge in [-0.15, -0.1) is 0 Å². The first kappa shape index (κ1) is 15.2. The molecule has 1 rings (SSSR count). The smallest absolute Gasteiger partial charge is 0.252 e. The number of rotatable bonds is 6. The molecular formula is C12H14Br2N2O2. The quantitative estimate of drug-likeness (QED) is 0.748. The molecule has 18 heavy (non-hydrogen) atoms. The van der Waals surface area contributed by atoms with Crippen LogP contribution in [0.1, 0.15) is 29.6 Å². The average Bonchev–Trinajstić information content (AvgIpc) is 2.31. The summed E-state index contributed by atoms with van der Waals surface area (Å²) in [5.74, 6) is -0.446. The van der Waals surface area contributed by atoms with E-state index in [1.54, 1.807) is 6.07 Å². The number of nitrogens with one attached hydrogen (secondary N) is 1. The lowest BCUT2D eigenvalue weighted by Crippen LogP contribution is -2.25. The maximum Gasteiger partial charge on any atom is 0.252 e. The van der Waals surface area contributed by atoms with Gasteiger partial charge in [-0.25, -0.2) is 0 Å². The van der Waals surface area contributed by atoms with Gasteiger partial charge in [0.05, 0.1) is 5.56 Å². The Bertz CT molecular complexity index is 450. The van der Waals surface area contributed by atoms with Crippen LogP contribution in [0.5, 0.6) is 0 Å². The minimum absolute atomic E-state index is 0.137. The monoisotopic (exact) mass is 376 g/mol. The number of hydrogen-bond acceptors (Lipinski definition) is 2. The van der Waals surface area contributed by atoms with Crippen molar-refractivity contribution >= 4 is 43.7 Å². The molecule has 3 N–H and O–H groups in total. The highest BCUT2D eigenvalue weighted by Crippen LogP contribution is 2.21. The van der Waals surface area contributed by atoms with Gasteiger partial charge in [-0.2, -0.15) is 0 Å². The lowest BCUT2D eigenvalue weighted by molar-refractivity contribution is -0.118. The van der Waals surface area contributed by atoms with Crippen LogP contribution in [0.2, 0.25) is 0 Å². The highest BCUT2D eigenvalue weighted by atomic mass is 79.9. The average molecular weight is 378 g/mol. The molecule has 6 heteroatoms. The number of unbranched alkanes of at least 4 members (excludes halogenated alkanes) is 1. The maximum atomic E-state index is 11.9. The summed E-state index contributed by atoms with van der Waals surface area (Å²) >= 11 is 6.65. The Morgan fingerprint density at radius 2 is 1.94 bits per heavy atom. The molecule has 0 spiro atoms. The van der Waals surface area contributed by atoms with E-state index in [9.17, 15) is 9.59 Å². The topological polar surface area (TPSA) is 72.2 Å². The van der Waals surface area contributed by atoms with Crippen molar-refractivity contribution in [2.45, 2.75) is 19.3 Å². The van der Waals surface area contributed by atoms with Crippen molar-refractivity contribution in [1.29, 1.82) is 0 Å². The molecule has 0 fully saturated rings. The molecule has 98 valence electrons. The molecule has 0 radical (unpaired) electrons. The van der Waals surface area contributed by atoms with Gasteiger partial charge in [0.2, 0.25) is 5.91 Å². The van der Waals surface area contributed by atoms with Crippen LogP contribution in [0.4, 0.5) is 0 Å². The van der Waals surface area contributed by atoms with Crippen molar-refractivity contribution in [3.63, 3.8) is 0 Å². The summed E-state index contributed by atoms with van der Waals surface area (Å²) in [6, 6.07) is 5.42. The SMILES string of the molecule is NC(=O)CCCCNC(=O)c1cc(Br)ccc1Br. The highest BCUT2D eigenvalue weighted by molar-refractivity contribution is 9.11. The van der Waals surface area contributed by atoms with Gasteiger partial charge >= 0.3 is 0 Å². The molecule has 0 unspecified atom stereocenters. The molecule has 0 saturated carbocycles. The maximum absolute atomic E-state index is 11.9. The van der Waals surface area contributed by atoms with Gasteiger partial charge < -0.3 is 11.1 Å². The Morgan fingerprint density at radius 3 is 2.61 bits per heavy atom. The lowest BCUT2D eigenvalue weighted by Gasteiger charge is -2.07. The number of carbonyl (C=O) groups is 2. The summed E-state index contributed by atoms with van der Waals surface area (Å²) in [7, 11) is 0. The Morgan fingerprint density at radius 1 is 1.22 bits per heavy atom. The Labute approximate surface area is 123 Å². The lowest BCUT2D eigenvalue weighted by atomic mass is 10.2. The largest absolute Gasteiger partial charge is 0.370 e. The standard InChI is InChI=1S/C12H14Br2N2O2/c13-8-4-5-10(14)9(7-8)12(18)16-6-2-1-3-11(15)17/h4-5,7H,1-3,6H2,(H2,15,17)(H,16,18). The minimum Gasteiger partial charge on any atom is -0.370 e. The fraction of sp³-hybridized carbons (Fsp3) is 0.333. The van der Waals surface area contributed by atoms with Crippen LogP contribution in [0.3, 0.4) is 0 Å². The first-order valence-electron chi connectivity index (χ1n) is 5.52. The van der Waals surface area contributed by atoms with E-state index >= 15 is 0 Å². The van der Waals surface area contributed by atoms with Gasteiger partial charge in [0.15, 0.2) is 0 Å². The number of carbonyl (C=O) groups excluding carboxylic acids is 2. The number of benzene rings is 1. The summed E-state index contributed by atoms with van der Waals surface area (Å²) in [4.78, 5) is 22.4. The molecular weight excluding hydrogens is 364 g/mol. The first-order chi connectivity index (χ1) is 8.50. The molecule has 0 aliphatic carbocycles. The zero-order chi connectivity index (χ0) is 13.5. The van der Waals surface area contributed by atoms with Crippen LogP contribution in [-0.2, 0) is 4.79 Å². The van der Waals surface area contributed by atoms with Gasteiger partial charge in [0.1, 0.15) is 0 Å². The predicted octanol–water partition coefficient (Wildman–Crippen LogP) is 2.60. The van der Waals surface area contributed by atoms with Crippen molar-refractivity contribution in [1.82, 2.24) is 5.32 Å². The number of nitrogens with two attached hydrogens (primary N) is 1. The van der Waals surface area contributed by atoms with Crippen molar-refractivity contribution in [2.75, 3.05) is 6.54 Å². The van der Waals surface area contributed by atoms with Crippen LogP contribution in [0, 0.1) is 0 Å². The van der Waals surface area contributed by atoms with Gasteiger partial charge in [0, 0.05) is 21.9 Å². The zero-order valence-electron chi connectivity index (χ0n) is 9.71. The van der Waals surface area contributed by atoms with E-state index in [0.717, 1.165) is 15.4 Å².